The minimum atomic E-state index is -3.71. The molecule has 9 nitrogen and oxygen atoms in total. The highest BCUT2D eigenvalue weighted by Crippen LogP contribution is 2.36. The van der Waals surface area contributed by atoms with Crippen molar-refractivity contribution >= 4 is 33.3 Å². The van der Waals surface area contributed by atoms with Gasteiger partial charge in [0, 0.05) is 36.1 Å². The first-order valence-corrected chi connectivity index (χ1v) is 11.8. The van der Waals surface area contributed by atoms with Crippen LogP contribution in [-0.4, -0.2) is 48.4 Å². The molecular formula is C21H20ClN5O4S. The van der Waals surface area contributed by atoms with E-state index in [9.17, 15) is 13.2 Å². The van der Waals surface area contributed by atoms with Crippen LogP contribution in [0.3, 0.4) is 0 Å². The van der Waals surface area contributed by atoms with Gasteiger partial charge in [-0.1, -0.05) is 23.7 Å². The highest BCUT2D eigenvalue weighted by atomic mass is 35.5. The number of sulfonamides is 1. The van der Waals surface area contributed by atoms with Gasteiger partial charge in [0.2, 0.25) is 15.9 Å². The number of nitrogens with two attached hydrogens (primary N) is 1. The molecular weight excluding hydrogens is 454 g/mol. The maximum absolute atomic E-state index is 13.2. The molecule has 4 rings (SSSR count). The van der Waals surface area contributed by atoms with Gasteiger partial charge >= 0.3 is 6.03 Å². The second kappa shape index (κ2) is 9.11. The van der Waals surface area contributed by atoms with Crippen LogP contribution in [0.5, 0.6) is 11.6 Å². The number of carbonyl (C=O) groups excluding carboxylic acids is 1. The third kappa shape index (κ3) is 5.16. The fourth-order valence-corrected chi connectivity index (χ4v) is 4.07. The Morgan fingerprint density at radius 1 is 1.12 bits per heavy atom. The van der Waals surface area contributed by atoms with E-state index in [4.69, 9.17) is 21.5 Å². The molecule has 1 aliphatic heterocycles. The molecule has 0 saturated carbocycles. The third-order valence-corrected chi connectivity index (χ3v) is 5.95. The van der Waals surface area contributed by atoms with Gasteiger partial charge in [-0.05, 0) is 48.0 Å². The van der Waals surface area contributed by atoms with Gasteiger partial charge in [0.25, 0.3) is 0 Å². The molecule has 32 heavy (non-hydrogen) atoms. The van der Waals surface area contributed by atoms with Gasteiger partial charge < -0.3 is 9.64 Å². The van der Waals surface area contributed by atoms with Gasteiger partial charge in [-0.25, -0.2) is 18.4 Å². The predicted molar refractivity (Wildman–Crippen MR) is 120 cm³/mol. The summed E-state index contributed by atoms with van der Waals surface area (Å²) in [5.41, 5.74) is 1.45. The number of ether oxygens (including phenoxy) is 1. The Bertz CT molecular complexity index is 1210. The van der Waals surface area contributed by atoms with Crippen LogP contribution in [0.1, 0.15) is 11.6 Å². The van der Waals surface area contributed by atoms with Crippen molar-refractivity contribution in [3.63, 3.8) is 0 Å². The van der Waals surface area contributed by atoms with E-state index in [1.807, 2.05) is 18.2 Å². The van der Waals surface area contributed by atoms with Crippen LogP contribution in [0, 0.1) is 0 Å². The number of benzene rings is 2. The Hall–Kier alpha value is -3.21. The van der Waals surface area contributed by atoms with Crippen molar-refractivity contribution in [3.8, 4) is 11.6 Å². The number of hydrogen-bond acceptors (Lipinski definition) is 6. The van der Waals surface area contributed by atoms with E-state index < -0.39 is 10.0 Å². The minimum absolute atomic E-state index is 0.00590. The van der Waals surface area contributed by atoms with Crippen molar-refractivity contribution in [1.82, 2.24) is 15.1 Å². The molecule has 0 bridgehead atoms. The van der Waals surface area contributed by atoms with Gasteiger partial charge in [-0.15, -0.1) is 5.10 Å². The molecule has 3 aromatic rings. The number of amides is 2. The van der Waals surface area contributed by atoms with Gasteiger partial charge in [0.1, 0.15) is 5.75 Å². The van der Waals surface area contributed by atoms with E-state index in [0.29, 0.717) is 22.3 Å². The molecule has 0 radical (unpaired) electrons. The average molecular weight is 474 g/mol. The zero-order chi connectivity index (χ0) is 22.7. The smallest absolute Gasteiger partial charge is 0.325 e. The number of carbonyl (C=O) groups is 1. The minimum Gasteiger partial charge on any atom is -0.438 e. The average Bonchev–Trinajstić information content (AvgIpc) is 3.10. The van der Waals surface area contributed by atoms with Crippen molar-refractivity contribution in [1.29, 1.82) is 0 Å². The van der Waals surface area contributed by atoms with Crippen LogP contribution >= 0.6 is 11.6 Å². The van der Waals surface area contributed by atoms with Crippen molar-refractivity contribution in [2.75, 3.05) is 23.7 Å². The number of anilines is 1. The Morgan fingerprint density at radius 2 is 1.91 bits per heavy atom. The lowest BCUT2D eigenvalue weighted by molar-refractivity contribution is 0.223. The molecule has 2 heterocycles. The number of primary sulfonamides is 1. The fourth-order valence-electron chi connectivity index (χ4n) is 3.47. The topological polar surface area (TPSA) is 119 Å². The molecule has 1 atom stereocenters. The number of urea groups is 1. The fraction of sp³-hybridized carbons (Fsp3) is 0.190. The van der Waals surface area contributed by atoms with Gasteiger partial charge in [-0.2, -0.15) is 5.10 Å². The molecule has 1 saturated heterocycles. The van der Waals surface area contributed by atoms with Crippen molar-refractivity contribution in [2.24, 2.45) is 5.14 Å². The van der Waals surface area contributed by atoms with Crippen molar-refractivity contribution in [2.45, 2.75) is 6.04 Å². The van der Waals surface area contributed by atoms with Gasteiger partial charge in [0.15, 0.2) is 0 Å². The molecule has 0 aliphatic carbocycles. The van der Waals surface area contributed by atoms with Gasteiger partial charge in [0.05, 0.1) is 11.8 Å². The summed E-state index contributed by atoms with van der Waals surface area (Å²) in [5, 5.41) is 13.4. The summed E-state index contributed by atoms with van der Waals surface area (Å²) in [5.74, 6) is 0.557. The first-order valence-electron chi connectivity index (χ1n) is 9.70. The highest BCUT2D eigenvalue weighted by Gasteiger charge is 2.39. The van der Waals surface area contributed by atoms with E-state index in [2.05, 4.69) is 10.2 Å². The summed E-state index contributed by atoms with van der Waals surface area (Å²) in [7, 11) is -3.71. The predicted octanol–water partition coefficient (Wildman–Crippen LogP) is 3.19. The van der Waals surface area contributed by atoms with E-state index in [1.54, 1.807) is 53.6 Å². The van der Waals surface area contributed by atoms with Crippen LogP contribution < -0.4 is 14.8 Å². The number of hydrogen-bond donors (Lipinski definition) is 1. The molecule has 2 N–H and O–H groups in total. The van der Waals surface area contributed by atoms with Crippen LogP contribution in [0.4, 0.5) is 10.5 Å². The third-order valence-electron chi connectivity index (χ3n) is 4.95. The Labute approximate surface area is 190 Å². The van der Waals surface area contributed by atoms with E-state index in [-0.39, 0.29) is 30.9 Å². The van der Waals surface area contributed by atoms with Crippen molar-refractivity contribution in [3.05, 3.63) is 77.4 Å². The molecule has 0 unspecified atom stereocenters. The highest BCUT2D eigenvalue weighted by molar-refractivity contribution is 7.89. The Morgan fingerprint density at radius 3 is 2.59 bits per heavy atom. The molecule has 1 aliphatic rings. The Balaban J connectivity index is 1.65. The largest absolute Gasteiger partial charge is 0.438 e. The molecule has 1 aromatic heterocycles. The maximum atomic E-state index is 13.2. The molecule has 0 spiro atoms. The SMILES string of the molecule is NS(=O)(=O)CCN1C[C@H](c2cccc(Oc3cccnn3)c2)N(c2ccc(Cl)cc2)C1=O. The lowest BCUT2D eigenvalue weighted by atomic mass is 10.1. The zero-order valence-electron chi connectivity index (χ0n) is 16.8. The number of halogens is 1. The Kier molecular flexibility index (Phi) is 6.26. The molecule has 11 heteroatoms. The second-order valence-electron chi connectivity index (χ2n) is 7.19. The summed E-state index contributed by atoms with van der Waals surface area (Å²) in [6, 6.07) is 16.9. The quantitative estimate of drug-likeness (QED) is 0.562. The monoisotopic (exact) mass is 473 g/mol. The lowest BCUT2D eigenvalue weighted by Gasteiger charge is -2.24. The van der Waals surface area contributed by atoms with E-state index >= 15 is 0 Å². The molecule has 2 amide bonds. The summed E-state index contributed by atoms with van der Waals surface area (Å²) in [4.78, 5) is 16.3. The zero-order valence-corrected chi connectivity index (χ0v) is 18.4. The van der Waals surface area contributed by atoms with Crippen LogP contribution in [0.25, 0.3) is 0 Å². The first-order chi connectivity index (χ1) is 15.3. The number of nitrogens with zero attached hydrogens (tertiary/aromatic N) is 4. The number of aromatic nitrogens is 2. The molecule has 1 fully saturated rings. The lowest BCUT2D eigenvalue weighted by Crippen LogP contribution is -2.36. The van der Waals surface area contributed by atoms with E-state index in [0.717, 1.165) is 5.56 Å². The molecule has 2 aromatic carbocycles. The summed E-state index contributed by atoms with van der Waals surface area (Å²) >= 11 is 6.01. The standard InChI is InChI=1S/C21H20ClN5O4S/c22-16-6-8-17(9-7-16)27-19(14-26(21(27)28)11-12-32(23,29)30)15-3-1-4-18(13-15)31-20-5-2-10-24-25-20/h1-10,13,19H,11-12,14H2,(H2,23,29,30)/t19-/m1/s1. The van der Waals surface area contributed by atoms with Crippen molar-refractivity contribution < 1.29 is 17.9 Å². The normalized spacial score (nSPS) is 16.4. The maximum Gasteiger partial charge on any atom is 0.325 e. The van der Waals surface area contributed by atoms with Crippen LogP contribution in [0.2, 0.25) is 5.02 Å². The summed E-state index contributed by atoms with van der Waals surface area (Å²) < 4.78 is 28.7. The second-order valence-corrected chi connectivity index (χ2v) is 9.36. The van der Waals surface area contributed by atoms with E-state index in [1.165, 1.54) is 4.90 Å². The van der Waals surface area contributed by atoms with Crippen LogP contribution in [0.15, 0.2) is 66.9 Å². The number of rotatable bonds is 7. The molecule has 166 valence electrons. The summed E-state index contributed by atoms with van der Waals surface area (Å²) in [6.45, 7) is 0.277. The van der Waals surface area contributed by atoms with Gasteiger partial charge in [-0.3, -0.25) is 4.90 Å². The van der Waals surface area contributed by atoms with Crippen LogP contribution in [-0.2, 0) is 10.0 Å². The first kappa shape index (κ1) is 22.0. The summed E-state index contributed by atoms with van der Waals surface area (Å²) in [6.07, 6.45) is 1.55.